The standard InChI is InChI=1S/C7H6Cl2OS/c1-10-11-7-3-2-5(8)4-6(7)9/h2-4H,1H3. The van der Waals surface area contributed by atoms with Crippen molar-refractivity contribution in [1.82, 2.24) is 0 Å². The average Bonchev–Trinajstić information content (AvgIpc) is 1.95. The summed E-state index contributed by atoms with van der Waals surface area (Å²) in [5.41, 5.74) is 0. The maximum Gasteiger partial charge on any atom is 0.0579 e. The summed E-state index contributed by atoms with van der Waals surface area (Å²) >= 11 is 12.7. The molecule has 0 saturated heterocycles. The largest absolute Gasteiger partial charge is 0.314 e. The third kappa shape index (κ3) is 2.56. The summed E-state index contributed by atoms with van der Waals surface area (Å²) in [4.78, 5) is 0.874. The van der Waals surface area contributed by atoms with Crippen LogP contribution >= 0.6 is 35.2 Å². The normalized spacial score (nSPS) is 10.1. The van der Waals surface area contributed by atoms with Crippen LogP contribution in [-0.4, -0.2) is 7.11 Å². The Balaban J connectivity index is 2.90. The van der Waals surface area contributed by atoms with E-state index in [0.717, 1.165) is 4.90 Å². The van der Waals surface area contributed by atoms with E-state index < -0.39 is 0 Å². The molecule has 4 heteroatoms. The van der Waals surface area contributed by atoms with Crippen molar-refractivity contribution in [1.29, 1.82) is 0 Å². The van der Waals surface area contributed by atoms with Gasteiger partial charge < -0.3 is 4.18 Å². The number of halogens is 2. The van der Waals surface area contributed by atoms with Gasteiger partial charge in [0.05, 0.1) is 17.0 Å². The lowest BCUT2D eigenvalue weighted by Crippen LogP contribution is -1.74. The smallest absolute Gasteiger partial charge is 0.0579 e. The summed E-state index contributed by atoms with van der Waals surface area (Å²) in [6.45, 7) is 0. The maximum absolute atomic E-state index is 5.82. The Labute approximate surface area is 79.8 Å². The van der Waals surface area contributed by atoms with E-state index in [1.54, 1.807) is 19.2 Å². The lowest BCUT2D eigenvalue weighted by Gasteiger charge is -2.00. The summed E-state index contributed by atoms with van der Waals surface area (Å²) in [6, 6.07) is 5.28. The highest BCUT2D eigenvalue weighted by molar-refractivity contribution is 7.94. The molecule has 11 heavy (non-hydrogen) atoms. The molecular formula is C7H6Cl2OS. The number of rotatable bonds is 2. The topological polar surface area (TPSA) is 9.23 Å². The third-order valence-corrected chi connectivity index (χ3v) is 2.43. The molecule has 0 aromatic heterocycles. The van der Waals surface area contributed by atoms with Gasteiger partial charge >= 0.3 is 0 Å². The number of hydrogen-bond acceptors (Lipinski definition) is 2. The van der Waals surface area contributed by atoms with E-state index in [4.69, 9.17) is 27.4 Å². The Kier molecular flexibility index (Phi) is 3.52. The van der Waals surface area contributed by atoms with Crippen molar-refractivity contribution < 1.29 is 4.18 Å². The molecule has 0 radical (unpaired) electrons. The van der Waals surface area contributed by atoms with Gasteiger partial charge in [-0.1, -0.05) is 23.2 Å². The molecule has 1 nitrogen and oxygen atoms in total. The average molecular weight is 209 g/mol. The molecule has 0 bridgehead atoms. The highest BCUT2D eigenvalue weighted by Crippen LogP contribution is 2.29. The molecule has 1 aromatic rings. The van der Waals surface area contributed by atoms with E-state index >= 15 is 0 Å². The summed E-state index contributed by atoms with van der Waals surface area (Å²) in [5.74, 6) is 0. The van der Waals surface area contributed by atoms with Crippen LogP contribution in [0.2, 0.25) is 10.0 Å². The van der Waals surface area contributed by atoms with Crippen LogP contribution < -0.4 is 0 Å². The molecule has 1 rings (SSSR count). The summed E-state index contributed by atoms with van der Waals surface area (Å²) < 4.78 is 4.84. The van der Waals surface area contributed by atoms with Crippen LogP contribution in [0.25, 0.3) is 0 Å². The van der Waals surface area contributed by atoms with E-state index in [1.165, 1.54) is 12.0 Å². The van der Waals surface area contributed by atoms with E-state index in [-0.39, 0.29) is 0 Å². The van der Waals surface area contributed by atoms with Gasteiger partial charge in [0, 0.05) is 17.1 Å². The van der Waals surface area contributed by atoms with Crippen molar-refractivity contribution in [3.05, 3.63) is 28.2 Å². The minimum Gasteiger partial charge on any atom is -0.314 e. The van der Waals surface area contributed by atoms with Gasteiger partial charge in [0.25, 0.3) is 0 Å². The minimum atomic E-state index is 0.615. The third-order valence-electron chi connectivity index (χ3n) is 1.07. The molecule has 60 valence electrons. The highest BCUT2D eigenvalue weighted by atomic mass is 35.5. The molecule has 0 saturated carbocycles. The van der Waals surface area contributed by atoms with E-state index in [1.807, 2.05) is 6.07 Å². The molecule has 0 unspecified atom stereocenters. The van der Waals surface area contributed by atoms with Gasteiger partial charge in [-0.25, -0.2) is 0 Å². The molecule has 0 heterocycles. The Morgan fingerprint density at radius 3 is 2.64 bits per heavy atom. The van der Waals surface area contributed by atoms with Crippen LogP contribution in [0.1, 0.15) is 0 Å². The fourth-order valence-electron chi connectivity index (χ4n) is 0.633. The second kappa shape index (κ2) is 4.21. The Morgan fingerprint density at radius 2 is 2.09 bits per heavy atom. The first kappa shape index (κ1) is 9.20. The molecule has 0 aliphatic heterocycles. The molecule has 0 aliphatic carbocycles. The summed E-state index contributed by atoms with van der Waals surface area (Å²) in [6.07, 6.45) is 0. The van der Waals surface area contributed by atoms with Gasteiger partial charge in [0.15, 0.2) is 0 Å². The lowest BCUT2D eigenvalue weighted by molar-refractivity contribution is 0.490. The van der Waals surface area contributed by atoms with Crippen LogP contribution in [0, 0.1) is 0 Å². The fraction of sp³-hybridized carbons (Fsp3) is 0.143. The molecule has 0 N–H and O–H groups in total. The Hall–Kier alpha value is 0.110. The van der Waals surface area contributed by atoms with E-state index in [0.29, 0.717) is 10.0 Å². The lowest BCUT2D eigenvalue weighted by atomic mass is 10.4. The monoisotopic (exact) mass is 208 g/mol. The quantitative estimate of drug-likeness (QED) is 0.687. The zero-order chi connectivity index (χ0) is 8.27. The van der Waals surface area contributed by atoms with Crippen LogP contribution in [0.15, 0.2) is 23.1 Å². The zero-order valence-corrected chi connectivity index (χ0v) is 8.13. The molecule has 0 atom stereocenters. The highest BCUT2D eigenvalue weighted by Gasteiger charge is 2.00. The SMILES string of the molecule is COSc1ccc(Cl)cc1Cl. The molecular weight excluding hydrogens is 203 g/mol. The number of hydrogen-bond donors (Lipinski definition) is 0. The first-order valence-corrected chi connectivity index (χ1v) is 4.39. The van der Waals surface area contributed by atoms with E-state index in [2.05, 4.69) is 0 Å². The van der Waals surface area contributed by atoms with Crippen LogP contribution in [0.4, 0.5) is 0 Å². The van der Waals surface area contributed by atoms with Gasteiger partial charge in [-0.3, -0.25) is 0 Å². The van der Waals surface area contributed by atoms with Crippen molar-refractivity contribution in [2.45, 2.75) is 4.90 Å². The van der Waals surface area contributed by atoms with Crippen molar-refractivity contribution in [3.63, 3.8) is 0 Å². The second-order valence-electron chi connectivity index (χ2n) is 1.82. The van der Waals surface area contributed by atoms with Crippen LogP contribution in [0.5, 0.6) is 0 Å². The molecule has 0 aliphatic rings. The molecule has 1 aromatic carbocycles. The van der Waals surface area contributed by atoms with Gasteiger partial charge in [0.1, 0.15) is 0 Å². The van der Waals surface area contributed by atoms with Crippen molar-refractivity contribution in [2.24, 2.45) is 0 Å². The van der Waals surface area contributed by atoms with Crippen molar-refractivity contribution in [3.8, 4) is 0 Å². The second-order valence-corrected chi connectivity index (χ2v) is 3.61. The first-order chi connectivity index (χ1) is 5.24. The predicted octanol–water partition coefficient (Wildman–Crippen LogP) is 3.65. The van der Waals surface area contributed by atoms with Crippen LogP contribution in [-0.2, 0) is 4.18 Å². The molecule has 0 amide bonds. The Morgan fingerprint density at radius 1 is 1.36 bits per heavy atom. The van der Waals surface area contributed by atoms with E-state index in [9.17, 15) is 0 Å². The number of benzene rings is 1. The van der Waals surface area contributed by atoms with Gasteiger partial charge in [-0.2, -0.15) is 0 Å². The van der Waals surface area contributed by atoms with Gasteiger partial charge in [-0.15, -0.1) is 0 Å². The van der Waals surface area contributed by atoms with Crippen LogP contribution in [0.3, 0.4) is 0 Å². The Bertz CT molecular complexity index is 252. The minimum absolute atomic E-state index is 0.615. The first-order valence-electron chi connectivity index (χ1n) is 2.90. The van der Waals surface area contributed by atoms with Crippen molar-refractivity contribution in [2.75, 3.05) is 7.11 Å². The van der Waals surface area contributed by atoms with Crippen molar-refractivity contribution >= 4 is 35.2 Å². The zero-order valence-electron chi connectivity index (χ0n) is 5.80. The molecule has 0 spiro atoms. The summed E-state index contributed by atoms with van der Waals surface area (Å²) in [5, 5.41) is 1.25. The van der Waals surface area contributed by atoms with Gasteiger partial charge in [0.2, 0.25) is 0 Å². The molecule has 0 fully saturated rings. The predicted molar refractivity (Wildman–Crippen MR) is 49.3 cm³/mol. The maximum atomic E-state index is 5.82. The van der Waals surface area contributed by atoms with Gasteiger partial charge in [-0.05, 0) is 18.2 Å². The summed E-state index contributed by atoms with van der Waals surface area (Å²) in [7, 11) is 1.59. The fourth-order valence-corrected chi connectivity index (χ4v) is 1.58.